The molecule has 0 aromatic heterocycles. The first kappa shape index (κ1) is 21.6. The van der Waals surface area contributed by atoms with Gasteiger partial charge in [0.15, 0.2) is 11.9 Å². The maximum absolute atomic E-state index is 12.3. The van der Waals surface area contributed by atoms with E-state index in [1.165, 1.54) is 13.3 Å². The highest BCUT2D eigenvalue weighted by Gasteiger charge is 2.50. The number of fused-ring (bicyclic) bond motifs is 1. The summed E-state index contributed by atoms with van der Waals surface area (Å²) in [4.78, 5) is 36.1. The molecule has 9 heteroatoms. The number of carbonyl (C=O) groups excluding carboxylic acids is 3. The molecule has 3 amide bonds. The van der Waals surface area contributed by atoms with Crippen molar-refractivity contribution in [3.63, 3.8) is 0 Å². The molecule has 0 spiro atoms. The van der Waals surface area contributed by atoms with E-state index in [1.54, 1.807) is 24.3 Å². The summed E-state index contributed by atoms with van der Waals surface area (Å²) < 4.78 is 17.0. The van der Waals surface area contributed by atoms with E-state index in [4.69, 9.17) is 14.2 Å². The predicted octanol–water partition coefficient (Wildman–Crippen LogP) is 2.60. The number of Topliss-reactive ketones (excluding diaryl/α,β-unsaturated/α-hetero) is 1. The number of carbonyl (C=O) groups is 3. The van der Waals surface area contributed by atoms with Crippen molar-refractivity contribution in [1.29, 1.82) is 0 Å². The fraction of sp³-hybridized carbons (Fsp3) is 0.591. The van der Waals surface area contributed by atoms with Crippen molar-refractivity contribution >= 4 is 23.6 Å². The third kappa shape index (κ3) is 5.34. The van der Waals surface area contributed by atoms with Crippen LogP contribution in [0.4, 0.5) is 15.3 Å². The molecule has 9 nitrogen and oxygen atoms in total. The summed E-state index contributed by atoms with van der Waals surface area (Å²) in [6.07, 6.45) is 3.51. The molecule has 0 radical (unpaired) electrons. The quantitative estimate of drug-likeness (QED) is 0.618. The van der Waals surface area contributed by atoms with E-state index in [1.807, 2.05) is 0 Å². The minimum atomic E-state index is -0.648. The van der Waals surface area contributed by atoms with Crippen LogP contribution in [0, 0.1) is 0 Å². The summed E-state index contributed by atoms with van der Waals surface area (Å²) in [6, 6.07) is 6.36. The Hall–Kier alpha value is -2.65. The number of urea groups is 1. The maximum atomic E-state index is 12.3. The van der Waals surface area contributed by atoms with Crippen molar-refractivity contribution in [2.24, 2.45) is 0 Å². The molecule has 168 valence electrons. The Morgan fingerprint density at radius 2 is 1.77 bits per heavy atom. The van der Waals surface area contributed by atoms with Gasteiger partial charge in [0.25, 0.3) is 0 Å². The lowest BCUT2D eigenvalue weighted by Crippen LogP contribution is -2.51. The van der Waals surface area contributed by atoms with E-state index in [0.717, 1.165) is 25.7 Å². The van der Waals surface area contributed by atoms with Crippen molar-refractivity contribution in [3.05, 3.63) is 29.8 Å². The second-order valence-corrected chi connectivity index (χ2v) is 8.36. The first-order valence-electron chi connectivity index (χ1n) is 10.9. The van der Waals surface area contributed by atoms with Gasteiger partial charge in [-0.3, -0.25) is 10.1 Å². The van der Waals surface area contributed by atoms with Crippen LogP contribution in [0.5, 0.6) is 0 Å². The molecule has 0 unspecified atom stereocenters. The molecule has 2 heterocycles. The van der Waals surface area contributed by atoms with E-state index >= 15 is 0 Å². The monoisotopic (exact) mass is 431 g/mol. The van der Waals surface area contributed by atoms with Crippen LogP contribution in [-0.4, -0.2) is 61.5 Å². The van der Waals surface area contributed by atoms with Crippen LogP contribution in [0.15, 0.2) is 24.3 Å². The Labute approximate surface area is 181 Å². The van der Waals surface area contributed by atoms with Gasteiger partial charge >= 0.3 is 12.1 Å². The Bertz CT molecular complexity index is 825. The lowest BCUT2D eigenvalue weighted by molar-refractivity contribution is 0.00871. The van der Waals surface area contributed by atoms with Gasteiger partial charge in [0.2, 0.25) is 0 Å². The molecule has 1 aromatic rings. The normalized spacial score (nSPS) is 27.9. The Morgan fingerprint density at radius 1 is 1.00 bits per heavy atom. The minimum Gasteiger partial charge on any atom is -0.441 e. The second kappa shape index (κ2) is 9.65. The SMILES string of the molecule is CC(=O)c1cccc(NC(=O)O[C@H]2CO[C@@H]3[C@@H]2OC[C@@H]3NC(=O)NC2CCCCC2)c1. The third-order valence-electron chi connectivity index (χ3n) is 6.04. The zero-order chi connectivity index (χ0) is 21.8. The van der Waals surface area contributed by atoms with Gasteiger partial charge in [0.1, 0.15) is 12.2 Å². The summed E-state index contributed by atoms with van der Waals surface area (Å²) >= 11 is 0. The molecule has 0 bridgehead atoms. The van der Waals surface area contributed by atoms with Gasteiger partial charge in [-0.15, -0.1) is 0 Å². The highest BCUT2D eigenvalue weighted by molar-refractivity contribution is 5.96. The Balaban J connectivity index is 1.26. The zero-order valence-electron chi connectivity index (χ0n) is 17.6. The number of ether oxygens (including phenoxy) is 3. The summed E-state index contributed by atoms with van der Waals surface area (Å²) in [5.74, 6) is -0.0885. The van der Waals surface area contributed by atoms with E-state index in [2.05, 4.69) is 16.0 Å². The molecule has 1 aromatic carbocycles. The molecule has 2 aliphatic heterocycles. The third-order valence-corrected chi connectivity index (χ3v) is 6.04. The average molecular weight is 431 g/mol. The van der Waals surface area contributed by atoms with Gasteiger partial charge in [0.05, 0.1) is 19.3 Å². The first-order chi connectivity index (χ1) is 15.0. The van der Waals surface area contributed by atoms with Gasteiger partial charge in [-0.2, -0.15) is 0 Å². The lowest BCUT2D eigenvalue weighted by Gasteiger charge is -2.24. The van der Waals surface area contributed by atoms with Crippen LogP contribution in [0.2, 0.25) is 0 Å². The largest absolute Gasteiger partial charge is 0.441 e. The Morgan fingerprint density at radius 3 is 2.55 bits per heavy atom. The van der Waals surface area contributed by atoms with Crippen molar-refractivity contribution in [1.82, 2.24) is 10.6 Å². The Kier molecular flexibility index (Phi) is 6.72. The molecular formula is C22H29N3O6. The number of anilines is 1. The topological polar surface area (TPSA) is 115 Å². The van der Waals surface area contributed by atoms with Crippen molar-refractivity contribution < 1.29 is 28.6 Å². The summed E-state index contributed by atoms with van der Waals surface area (Å²) in [6.45, 7) is 1.96. The zero-order valence-corrected chi connectivity index (χ0v) is 17.6. The molecule has 3 N–H and O–H groups in total. The summed E-state index contributed by atoms with van der Waals surface area (Å²) in [5.41, 5.74) is 0.973. The number of ketones is 1. The van der Waals surface area contributed by atoms with Crippen LogP contribution in [0.3, 0.4) is 0 Å². The second-order valence-electron chi connectivity index (χ2n) is 8.36. The first-order valence-corrected chi connectivity index (χ1v) is 10.9. The predicted molar refractivity (Wildman–Crippen MR) is 112 cm³/mol. The maximum Gasteiger partial charge on any atom is 0.412 e. The summed E-state index contributed by atoms with van der Waals surface area (Å²) in [5, 5.41) is 8.60. The standard InChI is InChI=1S/C22H29N3O6/c1-13(26)14-6-5-9-16(10-14)24-22(28)31-18-12-30-19-17(11-29-20(18)19)25-21(27)23-15-7-3-2-4-8-15/h5-6,9-10,15,17-20H,2-4,7-8,11-12H2,1H3,(H,24,28)(H2,23,25,27)/t17-,18-,19-,20+/m0/s1. The molecule has 4 atom stereocenters. The van der Waals surface area contributed by atoms with Crippen LogP contribution < -0.4 is 16.0 Å². The van der Waals surface area contributed by atoms with E-state index < -0.39 is 18.3 Å². The molecule has 31 heavy (non-hydrogen) atoms. The van der Waals surface area contributed by atoms with Crippen LogP contribution in [0.1, 0.15) is 49.4 Å². The van der Waals surface area contributed by atoms with E-state index in [0.29, 0.717) is 17.9 Å². The lowest BCUT2D eigenvalue weighted by atomic mass is 9.96. The van der Waals surface area contributed by atoms with Gasteiger partial charge in [-0.25, -0.2) is 9.59 Å². The number of hydrogen-bond acceptors (Lipinski definition) is 6. The molecule has 3 aliphatic rings. The van der Waals surface area contributed by atoms with Gasteiger partial charge < -0.3 is 24.8 Å². The van der Waals surface area contributed by atoms with Crippen LogP contribution >= 0.6 is 0 Å². The van der Waals surface area contributed by atoms with Crippen LogP contribution in [-0.2, 0) is 14.2 Å². The fourth-order valence-electron chi connectivity index (χ4n) is 4.43. The molecular weight excluding hydrogens is 402 g/mol. The van der Waals surface area contributed by atoms with Crippen molar-refractivity contribution in [2.45, 2.75) is 69.4 Å². The molecule has 1 aliphatic carbocycles. The molecule has 1 saturated carbocycles. The molecule has 3 fully saturated rings. The van der Waals surface area contributed by atoms with Gasteiger partial charge in [-0.05, 0) is 31.9 Å². The molecule has 4 rings (SSSR count). The highest BCUT2D eigenvalue weighted by Crippen LogP contribution is 2.29. The summed E-state index contributed by atoms with van der Waals surface area (Å²) in [7, 11) is 0. The number of nitrogens with one attached hydrogen (secondary N) is 3. The van der Waals surface area contributed by atoms with Gasteiger partial charge in [-0.1, -0.05) is 31.4 Å². The average Bonchev–Trinajstić information content (AvgIpc) is 3.32. The number of hydrogen-bond donors (Lipinski definition) is 3. The fourth-order valence-corrected chi connectivity index (χ4v) is 4.43. The van der Waals surface area contributed by atoms with E-state index in [-0.39, 0.29) is 36.6 Å². The highest BCUT2D eigenvalue weighted by atomic mass is 16.6. The smallest absolute Gasteiger partial charge is 0.412 e. The van der Waals surface area contributed by atoms with Crippen molar-refractivity contribution in [2.75, 3.05) is 18.5 Å². The van der Waals surface area contributed by atoms with Crippen LogP contribution in [0.25, 0.3) is 0 Å². The number of benzene rings is 1. The minimum absolute atomic E-state index is 0.0885. The van der Waals surface area contributed by atoms with Gasteiger partial charge in [0, 0.05) is 17.3 Å². The number of rotatable bonds is 5. The van der Waals surface area contributed by atoms with Crippen molar-refractivity contribution in [3.8, 4) is 0 Å². The van der Waals surface area contributed by atoms with E-state index in [9.17, 15) is 14.4 Å². The number of amides is 3. The molecule has 2 saturated heterocycles.